The lowest BCUT2D eigenvalue weighted by atomic mass is 9.75. The van der Waals surface area contributed by atoms with Crippen LogP contribution < -0.4 is 0 Å². The molecule has 0 aliphatic carbocycles. The van der Waals surface area contributed by atoms with E-state index in [-0.39, 0.29) is 0 Å². The van der Waals surface area contributed by atoms with Crippen molar-refractivity contribution in [2.24, 2.45) is 11.8 Å². The van der Waals surface area contributed by atoms with E-state index in [1.165, 1.54) is 180 Å². The Hall–Kier alpha value is 0.110. The molecule has 0 saturated heterocycles. The number of phosphoric acid groups is 1. The van der Waals surface area contributed by atoms with Crippen LogP contribution in [0.4, 0.5) is 0 Å². The summed E-state index contributed by atoms with van der Waals surface area (Å²) in [5.74, 6) is 0.980. The standard InChI is InChI=1S/C40H83O4P/c1-6-11-15-19-21-25-29-33-38(31-27-23-17-13-8-3)36-40(35-10-5,44-45(41,42)43)37-39(32-28-24-18-14-9-4)34-30-26-22-20-16-12-7-2/h38-39H,6-37H2,1-5H3,(H2,41,42,43). The van der Waals surface area contributed by atoms with Crippen molar-refractivity contribution in [3.63, 3.8) is 0 Å². The van der Waals surface area contributed by atoms with Crippen LogP contribution in [-0.4, -0.2) is 15.4 Å². The van der Waals surface area contributed by atoms with Crippen LogP contribution in [0.2, 0.25) is 0 Å². The average molecular weight is 659 g/mol. The first kappa shape index (κ1) is 45.1. The second kappa shape index (κ2) is 31.4. The second-order valence-electron chi connectivity index (χ2n) is 14.9. The van der Waals surface area contributed by atoms with Gasteiger partial charge in [-0.25, -0.2) is 4.57 Å². The molecule has 0 fully saturated rings. The molecular weight excluding hydrogens is 575 g/mol. The molecule has 5 heteroatoms. The topological polar surface area (TPSA) is 66.8 Å². The van der Waals surface area contributed by atoms with Crippen molar-refractivity contribution in [2.75, 3.05) is 0 Å². The lowest BCUT2D eigenvalue weighted by Crippen LogP contribution is -2.37. The number of unbranched alkanes of at least 4 members (excludes halogenated alkanes) is 20. The van der Waals surface area contributed by atoms with E-state index in [1.807, 2.05) is 0 Å². The summed E-state index contributed by atoms with van der Waals surface area (Å²) in [5.41, 5.74) is -0.710. The summed E-state index contributed by atoms with van der Waals surface area (Å²) in [7, 11) is -4.61. The molecule has 2 unspecified atom stereocenters. The molecule has 0 spiro atoms. The highest BCUT2D eigenvalue weighted by Crippen LogP contribution is 2.50. The number of hydrogen-bond donors (Lipinski definition) is 2. The SMILES string of the molecule is CCCCCCCCCC(CCCCCCC)CC(CCC)(CC(CCCCCCC)CCCCCCCCC)OP(=O)(O)O. The summed E-state index contributed by atoms with van der Waals surface area (Å²) in [6, 6.07) is 0. The normalized spacial score (nSPS) is 14.9. The van der Waals surface area contributed by atoms with Crippen LogP contribution in [0, 0.1) is 11.8 Å². The quantitative estimate of drug-likeness (QED) is 0.0519. The van der Waals surface area contributed by atoms with Gasteiger partial charge >= 0.3 is 7.82 Å². The van der Waals surface area contributed by atoms with Gasteiger partial charge in [0.2, 0.25) is 0 Å². The molecule has 0 bridgehead atoms. The van der Waals surface area contributed by atoms with Crippen LogP contribution in [-0.2, 0) is 9.09 Å². The van der Waals surface area contributed by atoms with Crippen LogP contribution >= 0.6 is 7.82 Å². The summed E-state index contributed by atoms with van der Waals surface area (Å²) in [5, 5.41) is 0. The van der Waals surface area contributed by atoms with Crippen LogP contribution in [0.5, 0.6) is 0 Å². The molecule has 45 heavy (non-hydrogen) atoms. The van der Waals surface area contributed by atoms with Crippen molar-refractivity contribution >= 4 is 7.82 Å². The van der Waals surface area contributed by atoms with Gasteiger partial charge in [0.1, 0.15) is 0 Å². The van der Waals surface area contributed by atoms with Crippen LogP contribution in [0.1, 0.15) is 240 Å². The smallest absolute Gasteiger partial charge is 0.303 e. The molecule has 0 amide bonds. The number of rotatable bonds is 36. The van der Waals surface area contributed by atoms with Crippen molar-refractivity contribution < 1.29 is 18.9 Å². The molecule has 0 radical (unpaired) electrons. The Morgan fingerprint density at radius 1 is 0.444 bits per heavy atom. The Labute approximate surface area is 283 Å². The minimum atomic E-state index is -4.61. The third-order valence-corrected chi connectivity index (χ3v) is 10.8. The Morgan fingerprint density at radius 3 is 0.956 bits per heavy atom. The molecule has 0 aromatic heterocycles. The van der Waals surface area contributed by atoms with E-state index in [2.05, 4.69) is 34.6 Å². The lowest BCUT2D eigenvalue weighted by molar-refractivity contribution is -0.0188. The summed E-state index contributed by atoms with van der Waals surface area (Å²) < 4.78 is 18.6. The maximum atomic E-state index is 12.6. The highest BCUT2D eigenvalue weighted by atomic mass is 31.2. The molecule has 0 saturated carbocycles. The minimum absolute atomic E-state index is 0.490. The van der Waals surface area contributed by atoms with Gasteiger partial charge in [0, 0.05) is 0 Å². The molecule has 4 nitrogen and oxygen atoms in total. The van der Waals surface area contributed by atoms with Gasteiger partial charge in [-0.05, 0) is 31.1 Å². The first-order valence-corrected chi connectivity index (χ1v) is 22.0. The van der Waals surface area contributed by atoms with E-state index >= 15 is 0 Å². The zero-order chi connectivity index (χ0) is 33.5. The summed E-state index contributed by atoms with van der Waals surface area (Å²) in [6.45, 7) is 11.3. The molecule has 0 aromatic rings. The fourth-order valence-corrected chi connectivity index (χ4v) is 8.46. The molecule has 2 N–H and O–H groups in total. The second-order valence-corrected chi connectivity index (χ2v) is 16.0. The predicted octanol–water partition coefficient (Wildman–Crippen LogP) is 14.6. The van der Waals surface area contributed by atoms with Gasteiger partial charge in [0.25, 0.3) is 0 Å². The first-order chi connectivity index (χ1) is 21.8. The molecule has 0 aliphatic heterocycles. The highest BCUT2D eigenvalue weighted by Gasteiger charge is 2.40. The Balaban J connectivity index is 5.73. The summed E-state index contributed by atoms with van der Waals surface area (Å²) in [4.78, 5) is 20.5. The van der Waals surface area contributed by atoms with E-state index in [0.29, 0.717) is 11.8 Å². The number of hydrogen-bond acceptors (Lipinski definition) is 2. The van der Waals surface area contributed by atoms with E-state index in [1.54, 1.807) is 0 Å². The minimum Gasteiger partial charge on any atom is -0.303 e. The van der Waals surface area contributed by atoms with Crippen molar-refractivity contribution in [2.45, 2.75) is 246 Å². The van der Waals surface area contributed by atoms with Gasteiger partial charge in [0.05, 0.1) is 5.60 Å². The average Bonchev–Trinajstić information content (AvgIpc) is 2.98. The molecule has 0 aromatic carbocycles. The number of phosphoric ester groups is 1. The molecule has 272 valence electrons. The van der Waals surface area contributed by atoms with Crippen molar-refractivity contribution in [3.05, 3.63) is 0 Å². The summed E-state index contributed by atoms with van der Waals surface area (Å²) >= 11 is 0. The fraction of sp³-hybridized carbons (Fsp3) is 1.00. The van der Waals surface area contributed by atoms with Crippen molar-refractivity contribution in [1.29, 1.82) is 0 Å². The third kappa shape index (κ3) is 28.8. The van der Waals surface area contributed by atoms with E-state index in [9.17, 15) is 14.4 Å². The fourth-order valence-electron chi connectivity index (χ4n) is 7.72. The molecule has 0 rings (SSSR count). The molecular formula is C40H83O4P. The molecule has 2 atom stereocenters. The van der Waals surface area contributed by atoms with Gasteiger partial charge < -0.3 is 9.79 Å². The maximum absolute atomic E-state index is 12.6. The Kier molecular flexibility index (Phi) is 31.5. The predicted molar refractivity (Wildman–Crippen MR) is 199 cm³/mol. The maximum Gasteiger partial charge on any atom is 0.470 e. The van der Waals surface area contributed by atoms with Crippen molar-refractivity contribution in [1.82, 2.24) is 0 Å². The van der Waals surface area contributed by atoms with Gasteiger partial charge in [-0.2, -0.15) is 0 Å². The first-order valence-electron chi connectivity index (χ1n) is 20.5. The Morgan fingerprint density at radius 2 is 0.711 bits per heavy atom. The lowest BCUT2D eigenvalue weighted by Gasteiger charge is -2.39. The third-order valence-electron chi connectivity index (χ3n) is 10.2. The van der Waals surface area contributed by atoms with Crippen molar-refractivity contribution in [3.8, 4) is 0 Å². The van der Waals surface area contributed by atoms with Gasteiger partial charge in [-0.15, -0.1) is 0 Å². The summed E-state index contributed by atoms with van der Waals surface area (Å²) in [6.07, 6.45) is 39.1. The van der Waals surface area contributed by atoms with Crippen LogP contribution in [0.3, 0.4) is 0 Å². The van der Waals surface area contributed by atoms with E-state index < -0.39 is 13.4 Å². The van der Waals surface area contributed by atoms with Gasteiger partial charge in [-0.1, -0.05) is 221 Å². The largest absolute Gasteiger partial charge is 0.470 e. The van der Waals surface area contributed by atoms with E-state index in [4.69, 9.17) is 4.52 Å². The monoisotopic (exact) mass is 659 g/mol. The highest BCUT2D eigenvalue weighted by molar-refractivity contribution is 7.46. The van der Waals surface area contributed by atoms with Gasteiger partial charge in [0.15, 0.2) is 0 Å². The zero-order valence-corrected chi connectivity index (χ0v) is 32.3. The van der Waals surface area contributed by atoms with Gasteiger partial charge in [-0.3, -0.25) is 4.52 Å². The molecule has 0 heterocycles. The Bertz CT molecular complexity index is 610. The zero-order valence-electron chi connectivity index (χ0n) is 31.4. The van der Waals surface area contributed by atoms with Crippen LogP contribution in [0.15, 0.2) is 0 Å². The van der Waals surface area contributed by atoms with E-state index in [0.717, 1.165) is 25.7 Å². The van der Waals surface area contributed by atoms with Crippen LogP contribution in [0.25, 0.3) is 0 Å². The molecule has 0 aliphatic rings.